The van der Waals surface area contributed by atoms with Gasteiger partial charge in [-0.25, -0.2) is 9.97 Å². The van der Waals surface area contributed by atoms with Crippen molar-refractivity contribution in [3.63, 3.8) is 0 Å². The SMILES string of the molecule is CC(C)c1nc(-c2cc(Cl)ccc2Br)nc(Cl)c1I. The van der Waals surface area contributed by atoms with Crippen LogP contribution in [0.4, 0.5) is 0 Å². The maximum atomic E-state index is 6.20. The fourth-order valence-corrected chi connectivity index (χ4v) is 3.24. The molecule has 0 spiro atoms. The molecular weight excluding hydrogens is 462 g/mol. The third-order valence-electron chi connectivity index (χ3n) is 2.55. The lowest BCUT2D eigenvalue weighted by molar-refractivity contribution is 0.808. The van der Waals surface area contributed by atoms with Crippen LogP contribution in [0.2, 0.25) is 10.2 Å². The van der Waals surface area contributed by atoms with E-state index in [4.69, 9.17) is 23.2 Å². The monoisotopic (exact) mass is 470 g/mol. The molecule has 1 heterocycles. The summed E-state index contributed by atoms with van der Waals surface area (Å²) in [6, 6.07) is 5.52. The molecule has 19 heavy (non-hydrogen) atoms. The van der Waals surface area contributed by atoms with Crippen LogP contribution < -0.4 is 0 Å². The summed E-state index contributed by atoms with van der Waals surface area (Å²) in [4.78, 5) is 8.96. The molecule has 2 nitrogen and oxygen atoms in total. The second-order valence-electron chi connectivity index (χ2n) is 4.32. The zero-order valence-electron chi connectivity index (χ0n) is 10.2. The molecular formula is C13H10BrCl2IN2. The van der Waals surface area contributed by atoms with Crippen LogP contribution in [0.5, 0.6) is 0 Å². The average molecular weight is 472 g/mol. The van der Waals surface area contributed by atoms with Crippen molar-refractivity contribution >= 4 is 61.7 Å². The molecule has 0 amide bonds. The topological polar surface area (TPSA) is 25.8 Å². The van der Waals surface area contributed by atoms with E-state index in [1.807, 2.05) is 18.2 Å². The molecule has 0 aliphatic carbocycles. The lowest BCUT2D eigenvalue weighted by Gasteiger charge is -2.12. The molecule has 6 heteroatoms. The lowest BCUT2D eigenvalue weighted by Crippen LogP contribution is -2.02. The molecule has 2 aromatic rings. The Labute approximate surface area is 144 Å². The van der Waals surface area contributed by atoms with Crippen molar-refractivity contribution in [2.45, 2.75) is 19.8 Å². The first-order valence-electron chi connectivity index (χ1n) is 5.58. The minimum Gasteiger partial charge on any atom is -0.232 e. The first kappa shape index (κ1) is 15.5. The molecule has 0 aliphatic heterocycles. The van der Waals surface area contributed by atoms with E-state index in [0.717, 1.165) is 19.3 Å². The van der Waals surface area contributed by atoms with Crippen molar-refractivity contribution in [1.82, 2.24) is 9.97 Å². The van der Waals surface area contributed by atoms with Crippen LogP contribution in [0.15, 0.2) is 22.7 Å². The molecule has 1 aromatic heterocycles. The van der Waals surface area contributed by atoms with Crippen molar-refractivity contribution in [1.29, 1.82) is 0 Å². The average Bonchev–Trinajstić information content (AvgIpc) is 2.35. The number of benzene rings is 1. The van der Waals surface area contributed by atoms with Gasteiger partial charge in [0.1, 0.15) is 5.15 Å². The van der Waals surface area contributed by atoms with E-state index in [1.54, 1.807) is 0 Å². The van der Waals surface area contributed by atoms with Gasteiger partial charge in [0, 0.05) is 15.1 Å². The molecule has 0 saturated heterocycles. The third kappa shape index (κ3) is 3.40. The first-order chi connectivity index (χ1) is 8.90. The maximum absolute atomic E-state index is 6.20. The smallest absolute Gasteiger partial charge is 0.162 e. The standard InChI is InChI=1S/C13H10BrCl2IN2/c1-6(2)11-10(17)12(16)19-13(18-11)8-5-7(15)3-4-9(8)14/h3-6H,1-2H3. The lowest BCUT2D eigenvalue weighted by atomic mass is 10.1. The predicted molar refractivity (Wildman–Crippen MR) is 92.0 cm³/mol. The Hall–Kier alpha value is 0.0900. The van der Waals surface area contributed by atoms with Gasteiger partial charge in [0.05, 0.1) is 9.26 Å². The summed E-state index contributed by atoms with van der Waals surface area (Å²) < 4.78 is 1.79. The zero-order chi connectivity index (χ0) is 14.2. The van der Waals surface area contributed by atoms with E-state index >= 15 is 0 Å². The van der Waals surface area contributed by atoms with Gasteiger partial charge in [0.15, 0.2) is 5.82 Å². The Bertz CT molecular complexity index is 632. The molecule has 0 aliphatic rings. The van der Waals surface area contributed by atoms with E-state index in [0.29, 0.717) is 16.0 Å². The van der Waals surface area contributed by atoms with Gasteiger partial charge in [-0.3, -0.25) is 0 Å². The Morgan fingerprint density at radius 1 is 1.21 bits per heavy atom. The van der Waals surface area contributed by atoms with Crippen LogP contribution in [0.1, 0.15) is 25.5 Å². The van der Waals surface area contributed by atoms with Crippen LogP contribution in [-0.2, 0) is 0 Å². The molecule has 0 radical (unpaired) electrons. The highest BCUT2D eigenvalue weighted by atomic mass is 127. The number of aromatic nitrogens is 2. The first-order valence-corrected chi connectivity index (χ1v) is 8.21. The molecule has 0 bridgehead atoms. The van der Waals surface area contributed by atoms with Crippen molar-refractivity contribution in [3.05, 3.63) is 42.1 Å². The molecule has 0 N–H and O–H groups in total. The number of hydrogen-bond donors (Lipinski definition) is 0. The fourth-order valence-electron chi connectivity index (χ4n) is 1.61. The van der Waals surface area contributed by atoms with Gasteiger partial charge in [0.25, 0.3) is 0 Å². The summed E-state index contributed by atoms with van der Waals surface area (Å²) in [6.45, 7) is 4.16. The summed E-state index contributed by atoms with van der Waals surface area (Å²) in [5.74, 6) is 0.868. The van der Waals surface area contributed by atoms with Crippen molar-refractivity contribution in [2.24, 2.45) is 0 Å². The van der Waals surface area contributed by atoms with Crippen LogP contribution in [0.25, 0.3) is 11.4 Å². The zero-order valence-corrected chi connectivity index (χ0v) is 15.5. The Balaban J connectivity index is 2.66. The highest BCUT2D eigenvalue weighted by molar-refractivity contribution is 14.1. The van der Waals surface area contributed by atoms with Crippen molar-refractivity contribution in [2.75, 3.05) is 0 Å². The van der Waals surface area contributed by atoms with Gasteiger partial charge < -0.3 is 0 Å². The summed E-state index contributed by atoms with van der Waals surface area (Å²) >= 11 is 17.9. The third-order valence-corrected chi connectivity index (χ3v) is 5.14. The minimum absolute atomic E-state index is 0.282. The van der Waals surface area contributed by atoms with Crippen molar-refractivity contribution < 1.29 is 0 Å². The summed E-state index contributed by atoms with van der Waals surface area (Å²) in [6.07, 6.45) is 0. The molecule has 100 valence electrons. The van der Waals surface area contributed by atoms with Crippen LogP contribution in [0, 0.1) is 3.57 Å². The predicted octanol–water partition coefficient (Wildman–Crippen LogP) is 5.94. The number of rotatable bonds is 2. The van der Waals surface area contributed by atoms with Gasteiger partial charge in [-0.15, -0.1) is 0 Å². The van der Waals surface area contributed by atoms with Gasteiger partial charge in [-0.05, 0) is 46.7 Å². The highest BCUT2D eigenvalue weighted by Gasteiger charge is 2.16. The van der Waals surface area contributed by atoms with Gasteiger partial charge in [-0.1, -0.05) is 53.0 Å². The van der Waals surface area contributed by atoms with Gasteiger partial charge >= 0.3 is 0 Å². The summed E-state index contributed by atoms with van der Waals surface area (Å²) in [5, 5.41) is 1.11. The Morgan fingerprint density at radius 3 is 2.53 bits per heavy atom. The second kappa shape index (κ2) is 6.24. The Kier molecular flexibility index (Phi) is 5.09. The molecule has 2 rings (SSSR count). The molecule has 0 unspecified atom stereocenters. The van der Waals surface area contributed by atoms with E-state index in [9.17, 15) is 0 Å². The normalized spacial score (nSPS) is 11.1. The second-order valence-corrected chi connectivity index (χ2v) is 7.04. The quantitative estimate of drug-likeness (QED) is 0.400. The van der Waals surface area contributed by atoms with E-state index in [-0.39, 0.29) is 5.92 Å². The Morgan fingerprint density at radius 2 is 1.89 bits per heavy atom. The number of nitrogens with zero attached hydrogens (tertiary/aromatic N) is 2. The van der Waals surface area contributed by atoms with E-state index < -0.39 is 0 Å². The van der Waals surface area contributed by atoms with Crippen molar-refractivity contribution in [3.8, 4) is 11.4 Å². The summed E-state index contributed by atoms with van der Waals surface area (Å²) in [5.41, 5.74) is 1.79. The highest BCUT2D eigenvalue weighted by Crippen LogP contribution is 2.32. The number of hydrogen-bond acceptors (Lipinski definition) is 2. The number of halogens is 4. The van der Waals surface area contributed by atoms with Crippen LogP contribution in [0.3, 0.4) is 0 Å². The fraction of sp³-hybridized carbons (Fsp3) is 0.231. The molecule has 0 fully saturated rings. The van der Waals surface area contributed by atoms with E-state index in [1.165, 1.54) is 0 Å². The molecule has 0 atom stereocenters. The van der Waals surface area contributed by atoms with Gasteiger partial charge in [0.2, 0.25) is 0 Å². The summed E-state index contributed by atoms with van der Waals surface area (Å²) in [7, 11) is 0. The largest absolute Gasteiger partial charge is 0.232 e. The van der Waals surface area contributed by atoms with E-state index in [2.05, 4.69) is 62.3 Å². The van der Waals surface area contributed by atoms with Crippen LogP contribution >= 0.6 is 61.7 Å². The maximum Gasteiger partial charge on any atom is 0.162 e. The molecule has 0 saturated carbocycles. The molecule has 1 aromatic carbocycles. The van der Waals surface area contributed by atoms with Crippen LogP contribution in [-0.4, -0.2) is 9.97 Å². The minimum atomic E-state index is 0.282. The van der Waals surface area contributed by atoms with Gasteiger partial charge in [-0.2, -0.15) is 0 Å².